The first-order valence-electron chi connectivity index (χ1n) is 4.19. The van der Waals surface area contributed by atoms with Gasteiger partial charge in [-0.05, 0) is 25.1 Å². The number of rotatable bonds is 1. The Morgan fingerprint density at radius 1 is 1.50 bits per heavy atom. The van der Waals surface area contributed by atoms with E-state index >= 15 is 0 Å². The molecule has 2 heterocycles. The lowest BCUT2D eigenvalue weighted by molar-refractivity contribution is 0.735. The van der Waals surface area contributed by atoms with E-state index in [1.54, 1.807) is 0 Å². The zero-order valence-corrected chi connectivity index (χ0v) is 7.51. The molecule has 1 fully saturated rings. The van der Waals surface area contributed by atoms with E-state index in [1.807, 2.05) is 18.2 Å². The fraction of sp³-hybridized carbons (Fsp3) is 0.444. The van der Waals surface area contributed by atoms with Gasteiger partial charge >= 0.3 is 0 Å². The number of nitrogens with zero attached hydrogens (tertiary/aromatic N) is 1. The second kappa shape index (κ2) is 3.42. The highest BCUT2D eigenvalue weighted by atomic mass is 35.5. The van der Waals surface area contributed by atoms with Crippen molar-refractivity contribution in [3.05, 3.63) is 29.0 Å². The first-order chi connectivity index (χ1) is 5.86. The van der Waals surface area contributed by atoms with Gasteiger partial charge in [-0.2, -0.15) is 0 Å². The van der Waals surface area contributed by atoms with Crippen LogP contribution in [0.25, 0.3) is 0 Å². The highest BCUT2D eigenvalue weighted by Crippen LogP contribution is 2.21. The van der Waals surface area contributed by atoms with E-state index in [0.29, 0.717) is 11.1 Å². The van der Waals surface area contributed by atoms with Gasteiger partial charge in [0.15, 0.2) is 0 Å². The van der Waals surface area contributed by atoms with Crippen LogP contribution >= 0.6 is 11.6 Å². The third-order valence-corrected chi connectivity index (χ3v) is 2.43. The van der Waals surface area contributed by atoms with Gasteiger partial charge in [-0.25, -0.2) is 4.98 Å². The van der Waals surface area contributed by atoms with Gasteiger partial charge in [0.25, 0.3) is 0 Å². The molecule has 0 aromatic carbocycles. The number of halogens is 1. The zero-order chi connectivity index (χ0) is 8.39. The zero-order valence-electron chi connectivity index (χ0n) is 6.76. The van der Waals surface area contributed by atoms with Crippen LogP contribution in [0.3, 0.4) is 0 Å². The summed E-state index contributed by atoms with van der Waals surface area (Å²) in [6.45, 7) is 2.13. The minimum absolute atomic E-state index is 0.559. The van der Waals surface area contributed by atoms with Gasteiger partial charge in [0.05, 0.1) is 0 Å². The van der Waals surface area contributed by atoms with Gasteiger partial charge in [0.1, 0.15) is 5.15 Å². The summed E-state index contributed by atoms with van der Waals surface area (Å²) in [5.41, 5.74) is 1.12. The van der Waals surface area contributed by atoms with Crippen LogP contribution in [-0.4, -0.2) is 18.1 Å². The maximum Gasteiger partial charge on any atom is 0.129 e. The summed E-state index contributed by atoms with van der Waals surface area (Å²) in [7, 11) is 0. The average molecular weight is 183 g/mol. The molecule has 1 aromatic rings. The first kappa shape index (κ1) is 8.02. The third kappa shape index (κ3) is 1.59. The summed E-state index contributed by atoms with van der Waals surface area (Å²) in [5.74, 6) is 0.559. The van der Waals surface area contributed by atoms with Gasteiger partial charge in [0.2, 0.25) is 0 Å². The van der Waals surface area contributed by atoms with Crippen LogP contribution in [0.5, 0.6) is 0 Å². The summed E-state index contributed by atoms with van der Waals surface area (Å²) in [4.78, 5) is 4.28. The Kier molecular flexibility index (Phi) is 2.28. The largest absolute Gasteiger partial charge is 0.316 e. The average Bonchev–Trinajstić information content (AvgIpc) is 2.56. The maximum atomic E-state index is 5.79. The lowest BCUT2D eigenvalue weighted by atomic mass is 10.0. The molecule has 64 valence electrons. The molecule has 3 heteroatoms. The number of aromatic nitrogens is 1. The molecule has 1 unspecified atom stereocenters. The van der Waals surface area contributed by atoms with Crippen LogP contribution in [0.2, 0.25) is 5.15 Å². The van der Waals surface area contributed by atoms with Crippen molar-refractivity contribution >= 4 is 11.6 Å². The van der Waals surface area contributed by atoms with Crippen molar-refractivity contribution in [3.8, 4) is 0 Å². The molecule has 1 N–H and O–H groups in total. The molecule has 0 spiro atoms. The van der Waals surface area contributed by atoms with Crippen molar-refractivity contribution in [1.29, 1.82) is 0 Å². The topological polar surface area (TPSA) is 24.9 Å². The van der Waals surface area contributed by atoms with E-state index in [1.165, 1.54) is 6.42 Å². The minimum atomic E-state index is 0.559. The number of hydrogen-bond acceptors (Lipinski definition) is 2. The Hall–Kier alpha value is -0.600. The Bertz CT molecular complexity index is 269. The summed E-state index contributed by atoms with van der Waals surface area (Å²) < 4.78 is 0. The predicted molar refractivity (Wildman–Crippen MR) is 49.5 cm³/mol. The van der Waals surface area contributed by atoms with Crippen LogP contribution in [0.1, 0.15) is 18.0 Å². The molecule has 2 rings (SSSR count). The molecule has 1 aromatic heterocycles. The predicted octanol–water partition coefficient (Wildman–Crippen LogP) is 1.81. The highest BCUT2D eigenvalue weighted by molar-refractivity contribution is 6.29. The van der Waals surface area contributed by atoms with E-state index in [0.717, 1.165) is 18.8 Å². The van der Waals surface area contributed by atoms with Crippen molar-refractivity contribution in [2.24, 2.45) is 0 Å². The van der Waals surface area contributed by atoms with E-state index < -0.39 is 0 Å². The monoisotopic (exact) mass is 182 g/mol. The standard InChI is InChI=1S/C9H11ClN2/c10-9-3-1-2-8(12-9)7-4-5-11-6-7/h1-3,7,11H,4-6H2. The van der Waals surface area contributed by atoms with Gasteiger partial charge in [0, 0.05) is 18.2 Å². The fourth-order valence-electron chi connectivity index (χ4n) is 1.56. The smallest absolute Gasteiger partial charge is 0.129 e. The van der Waals surface area contributed by atoms with Crippen molar-refractivity contribution < 1.29 is 0 Å². The van der Waals surface area contributed by atoms with Crippen LogP contribution in [0.15, 0.2) is 18.2 Å². The quantitative estimate of drug-likeness (QED) is 0.671. The lowest BCUT2D eigenvalue weighted by Crippen LogP contribution is -2.08. The molecule has 0 amide bonds. The number of nitrogens with one attached hydrogen (secondary N) is 1. The fourth-order valence-corrected chi connectivity index (χ4v) is 1.73. The van der Waals surface area contributed by atoms with Crippen LogP contribution in [-0.2, 0) is 0 Å². The van der Waals surface area contributed by atoms with E-state index in [2.05, 4.69) is 10.3 Å². The summed E-state index contributed by atoms with van der Waals surface area (Å²) >= 11 is 5.79. The van der Waals surface area contributed by atoms with E-state index in [-0.39, 0.29) is 0 Å². The highest BCUT2D eigenvalue weighted by Gasteiger charge is 2.17. The van der Waals surface area contributed by atoms with E-state index in [9.17, 15) is 0 Å². The Labute approximate surface area is 77.0 Å². The normalized spacial score (nSPS) is 22.9. The molecule has 1 aliphatic rings. The van der Waals surface area contributed by atoms with Crippen LogP contribution in [0, 0.1) is 0 Å². The second-order valence-corrected chi connectivity index (χ2v) is 3.46. The Morgan fingerprint density at radius 3 is 3.08 bits per heavy atom. The minimum Gasteiger partial charge on any atom is -0.316 e. The van der Waals surface area contributed by atoms with Crippen molar-refractivity contribution in [2.45, 2.75) is 12.3 Å². The summed E-state index contributed by atoms with van der Waals surface area (Å²) in [6.07, 6.45) is 1.17. The molecule has 0 bridgehead atoms. The molecule has 1 atom stereocenters. The Morgan fingerprint density at radius 2 is 2.42 bits per heavy atom. The second-order valence-electron chi connectivity index (χ2n) is 3.07. The molecular formula is C9H11ClN2. The number of hydrogen-bond donors (Lipinski definition) is 1. The lowest BCUT2D eigenvalue weighted by Gasteiger charge is -2.06. The summed E-state index contributed by atoms with van der Waals surface area (Å²) in [6, 6.07) is 5.82. The first-order valence-corrected chi connectivity index (χ1v) is 4.57. The maximum absolute atomic E-state index is 5.79. The summed E-state index contributed by atoms with van der Waals surface area (Å²) in [5, 5.41) is 3.90. The van der Waals surface area contributed by atoms with Crippen molar-refractivity contribution in [1.82, 2.24) is 10.3 Å². The molecule has 1 aliphatic heterocycles. The van der Waals surface area contributed by atoms with Crippen molar-refractivity contribution in [2.75, 3.05) is 13.1 Å². The van der Waals surface area contributed by atoms with Gasteiger partial charge < -0.3 is 5.32 Å². The molecular weight excluding hydrogens is 172 g/mol. The number of pyridine rings is 1. The van der Waals surface area contributed by atoms with Gasteiger partial charge in [-0.3, -0.25) is 0 Å². The van der Waals surface area contributed by atoms with Crippen LogP contribution in [0.4, 0.5) is 0 Å². The van der Waals surface area contributed by atoms with Gasteiger partial charge in [-0.15, -0.1) is 0 Å². The molecule has 0 aliphatic carbocycles. The van der Waals surface area contributed by atoms with Crippen LogP contribution < -0.4 is 5.32 Å². The molecule has 1 saturated heterocycles. The molecule has 0 saturated carbocycles. The van der Waals surface area contributed by atoms with Gasteiger partial charge in [-0.1, -0.05) is 17.7 Å². The van der Waals surface area contributed by atoms with Crippen molar-refractivity contribution in [3.63, 3.8) is 0 Å². The molecule has 0 radical (unpaired) electrons. The SMILES string of the molecule is Clc1cccc(C2CCNC2)n1. The molecule has 2 nitrogen and oxygen atoms in total. The molecule has 12 heavy (non-hydrogen) atoms. The third-order valence-electron chi connectivity index (χ3n) is 2.22. The van der Waals surface area contributed by atoms with E-state index in [4.69, 9.17) is 11.6 Å². The Balaban J connectivity index is 2.21.